The molecule has 0 aliphatic carbocycles. The van der Waals surface area contributed by atoms with Gasteiger partial charge < -0.3 is 25.0 Å². The van der Waals surface area contributed by atoms with E-state index in [2.05, 4.69) is 9.80 Å². The van der Waals surface area contributed by atoms with Gasteiger partial charge in [0.1, 0.15) is 12.4 Å². The first-order chi connectivity index (χ1) is 24.3. The van der Waals surface area contributed by atoms with Gasteiger partial charge >= 0.3 is 12.2 Å². The van der Waals surface area contributed by atoms with E-state index in [1.807, 2.05) is 11.6 Å². The fourth-order valence-corrected chi connectivity index (χ4v) is 8.46. The summed E-state index contributed by atoms with van der Waals surface area (Å²) in [6.45, 7) is 5.08. The molecule has 2 saturated heterocycles. The summed E-state index contributed by atoms with van der Waals surface area (Å²) in [4.78, 5) is 28.6. The maximum atomic E-state index is 14.3. The fourth-order valence-electron chi connectivity index (χ4n) is 8.11. The van der Waals surface area contributed by atoms with E-state index >= 15 is 0 Å². The summed E-state index contributed by atoms with van der Waals surface area (Å²) in [6.07, 6.45) is -1.50. The zero-order chi connectivity index (χ0) is 36.2. The molecule has 274 valence electrons. The number of aryl methyl sites for hydroxylation is 1. The van der Waals surface area contributed by atoms with Crippen LogP contribution in [0.25, 0.3) is 0 Å². The summed E-state index contributed by atoms with van der Waals surface area (Å²) in [5.74, 6) is 0.371. The van der Waals surface area contributed by atoms with Gasteiger partial charge in [-0.25, -0.2) is 4.39 Å². The third kappa shape index (κ3) is 6.52. The molecule has 2 fully saturated rings. The van der Waals surface area contributed by atoms with Gasteiger partial charge in [-0.1, -0.05) is 18.5 Å². The molecule has 0 bridgehead atoms. The normalized spacial score (nSPS) is 22.9. The first-order valence-corrected chi connectivity index (χ1v) is 17.6. The summed E-state index contributed by atoms with van der Waals surface area (Å²) in [6, 6.07) is 2.42. The number of nitrogen functional groups attached to an aromatic ring is 1. The van der Waals surface area contributed by atoms with E-state index < -0.39 is 22.9 Å². The third-order valence-electron chi connectivity index (χ3n) is 10.5. The van der Waals surface area contributed by atoms with Gasteiger partial charge in [-0.05, 0) is 61.9 Å². The number of alkyl halides is 3. The van der Waals surface area contributed by atoms with Gasteiger partial charge in [0, 0.05) is 57.0 Å². The second kappa shape index (κ2) is 13.6. The Bertz CT molecular complexity index is 1880. The van der Waals surface area contributed by atoms with Crippen LogP contribution in [0.2, 0.25) is 5.02 Å². The maximum Gasteiger partial charge on any atom is 0.418 e. The molecule has 0 saturated carbocycles. The van der Waals surface area contributed by atoms with Crippen molar-refractivity contribution < 1.29 is 31.8 Å². The molecule has 6 heterocycles. The molecule has 11 nitrogen and oxygen atoms in total. The van der Waals surface area contributed by atoms with Gasteiger partial charge in [-0.2, -0.15) is 28.2 Å². The summed E-state index contributed by atoms with van der Waals surface area (Å²) in [5, 5.41) is 4.20. The first kappa shape index (κ1) is 35.5. The van der Waals surface area contributed by atoms with Crippen molar-refractivity contribution in [2.24, 2.45) is 0 Å². The fraction of sp³-hybridized carbons (Fsp3) is 0.543. The second-order valence-electron chi connectivity index (χ2n) is 14.0. The Labute approximate surface area is 298 Å². The molecular formula is C35H41ClF4N8O3. The molecule has 2 N–H and O–H groups in total. The van der Waals surface area contributed by atoms with Crippen LogP contribution in [0.1, 0.15) is 82.8 Å². The molecule has 0 unspecified atom stereocenters. The molecule has 0 radical (unpaired) electrons. The summed E-state index contributed by atoms with van der Waals surface area (Å²) >= 11 is 6.11. The number of carbonyl (C=O) groups excluding carboxylic acids is 1. The summed E-state index contributed by atoms with van der Waals surface area (Å²) in [5.41, 5.74) is 8.53. The van der Waals surface area contributed by atoms with Gasteiger partial charge in [-0.3, -0.25) is 14.4 Å². The number of fused-ring (bicyclic) bond motifs is 3. The predicted octanol–water partition coefficient (Wildman–Crippen LogP) is 5.89. The minimum absolute atomic E-state index is 0.0104. The zero-order valence-electron chi connectivity index (χ0n) is 28.8. The minimum Gasteiger partial charge on any atom is -0.461 e. The second-order valence-corrected chi connectivity index (χ2v) is 14.4. The van der Waals surface area contributed by atoms with Crippen LogP contribution in [0.3, 0.4) is 0 Å². The number of nitrogens with two attached hydrogens (primary N) is 1. The van der Waals surface area contributed by atoms with Crippen molar-refractivity contribution in [1.29, 1.82) is 0 Å². The van der Waals surface area contributed by atoms with E-state index in [-0.39, 0.29) is 48.3 Å². The number of carbonyl (C=O) groups is 1. The molecule has 1 aromatic carbocycles. The average molecular weight is 733 g/mol. The Morgan fingerprint density at radius 2 is 2.00 bits per heavy atom. The maximum absolute atomic E-state index is 14.3. The lowest BCUT2D eigenvalue weighted by Gasteiger charge is -2.33. The lowest BCUT2D eigenvalue weighted by molar-refractivity contribution is -0.139. The van der Waals surface area contributed by atoms with E-state index in [9.17, 15) is 22.4 Å². The van der Waals surface area contributed by atoms with Crippen LogP contribution < -0.4 is 15.4 Å². The number of hydrogen-bond donors (Lipinski definition) is 1. The summed E-state index contributed by atoms with van der Waals surface area (Å²) in [7, 11) is 3.39. The number of amides is 1. The highest BCUT2D eigenvalue weighted by Gasteiger charge is 2.47. The van der Waals surface area contributed by atoms with Gasteiger partial charge in [0.25, 0.3) is 5.91 Å². The van der Waals surface area contributed by atoms with Crippen LogP contribution in [0.4, 0.5) is 29.1 Å². The van der Waals surface area contributed by atoms with Crippen molar-refractivity contribution in [2.75, 3.05) is 51.0 Å². The number of aromatic nitrogens is 4. The molecule has 4 aliphatic heterocycles. The Balaban J connectivity index is 1.28. The smallest absolute Gasteiger partial charge is 0.418 e. The van der Waals surface area contributed by atoms with Crippen LogP contribution in [0, 0.1) is 0 Å². The minimum atomic E-state index is -4.74. The topological polar surface area (TPSA) is 115 Å². The molecule has 7 rings (SSSR count). The summed E-state index contributed by atoms with van der Waals surface area (Å²) < 4.78 is 70.9. The van der Waals surface area contributed by atoms with Crippen molar-refractivity contribution in [1.82, 2.24) is 29.5 Å². The van der Waals surface area contributed by atoms with Gasteiger partial charge in [0.05, 0.1) is 53.1 Å². The van der Waals surface area contributed by atoms with E-state index in [0.29, 0.717) is 80.1 Å². The Kier molecular flexibility index (Phi) is 9.42. The number of benzene rings is 1. The highest BCUT2D eigenvalue weighted by atomic mass is 35.5. The van der Waals surface area contributed by atoms with Crippen LogP contribution in [0.15, 0.2) is 24.0 Å². The zero-order valence-corrected chi connectivity index (χ0v) is 29.6. The number of anilines is 2. The van der Waals surface area contributed by atoms with Crippen molar-refractivity contribution >= 4 is 29.0 Å². The third-order valence-corrected chi connectivity index (χ3v) is 10.8. The number of nitrogens with zero attached hydrogens (tertiary/aromatic N) is 7. The van der Waals surface area contributed by atoms with E-state index in [1.54, 1.807) is 14.1 Å². The highest BCUT2D eigenvalue weighted by Crippen LogP contribution is 2.45. The largest absolute Gasteiger partial charge is 0.461 e. The predicted molar refractivity (Wildman–Crippen MR) is 182 cm³/mol. The van der Waals surface area contributed by atoms with Crippen LogP contribution in [-0.4, -0.2) is 81.3 Å². The Morgan fingerprint density at radius 3 is 2.73 bits per heavy atom. The molecule has 0 spiro atoms. The SMILES string of the molecule is CCc1c(C(=O)N(C)C)nn2c1CN(c1nc(OC[C@@]34CCCN3C/C(=C\F)C4)nc3c1CO[C@H](c1cc(N)cc(Cl)c1C(F)(F)F)C3)CCC2. The molecule has 16 heteroatoms. The lowest BCUT2D eigenvalue weighted by atomic mass is 9.94. The Hall–Kier alpha value is -3.95. The lowest BCUT2D eigenvalue weighted by Crippen LogP contribution is -2.43. The molecule has 4 aliphatic rings. The van der Waals surface area contributed by atoms with Crippen LogP contribution in [0.5, 0.6) is 6.01 Å². The number of ether oxygens (including phenoxy) is 2. The van der Waals surface area contributed by atoms with Crippen molar-refractivity contribution in [3.05, 3.63) is 68.4 Å². The van der Waals surface area contributed by atoms with Gasteiger partial charge in [0.15, 0.2) is 5.69 Å². The van der Waals surface area contributed by atoms with Crippen LogP contribution in [-0.2, 0) is 43.5 Å². The van der Waals surface area contributed by atoms with E-state index in [0.717, 1.165) is 36.7 Å². The van der Waals surface area contributed by atoms with Crippen LogP contribution >= 0.6 is 11.6 Å². The number of hydrogen-bond acceptors (Lipinski definition) is 9. The first-order valence-electron chi connectivity index (χ1n) is 17.2. The molecule has 51 heavy (non-hydrogen) atoms. The quantitative estimate of drug-likeness (QED) is 0.235. The molecule has 2 atom stereocenters. The monoisotopic (exact) mass is 732 g/mol. The standard InChI is InChI=1S/C35H41ClF4N8O3/c1-4-22-27-17-46(8-6-10-48(27)44-30(22)32(49)45(2)3)31-24-18-50-28(23-11-21(41)12-25(36)29(23)35(38,39)40)13-26(24)42-33(43-31)51-19-34-7-5-9-47(34)16-20(14-34)15-37/h11-12,15,28H,4-10,13-14,16-19,41H2,1-3H3/b20-15-/t28-,34-/m0/s1. The molecule has 3 aromatic rings. The van der Waals surface area contributed by atoms with Crippen molar-refractivity contribution in [3.63, 3.8) is 0 Å². The molecule has 2 aromatic heterocycles. The molecular weight excluding hydrogens is 692 g/mol. The number of rotatable bonds is 7. The Morgan fingerprint density at radius 1 is 1.20 bits per heavy atom. The van der Waals surface area contributed by atoms with Gasteiger partial charge in [-0.15, -0.1) is 0 Å². The average Bonchev–Trinajstić information content (AvgIpc) is 3.70. The van der Waals surface area contributed by atoms with Crippen molar-refractivity contribution in [2.45, 2.75) is 83.0 Å². The molecule has 1 amide bonds. The number of halogens is 5. The van der Waals surface area contributed by atoms with E-state index in [1.165, 1.54) is 11.0 Å². The highest BCUT2D eigenvalue weighted by molar-refractivity contribution is 6.31. The van der Waals surface area contributed by atoms with E-state index in [4.69, 9.17) is 41.9 Å². The van der Waals surface area contributed by atoms with Crippen molar-refractivity contribution in [3.8, 4) is 6.01 Å². The van der Waals surface area contributed by atoms with Gasteiger partial charge in [0.2, 0.25) is 0 Å².